The largest absolute Gasteiger partial charge is 0.465 e. The number of esters is 1. The van der Waals surface area contributed by atoms with E-state index in [1.165, 1.54) is 29.4 Å². The van der Waals surface area contributed by atoms with E-state index in [1.54, 1.807) is 0 Å². The highest BCUT2D eigenvalue weighted by Gasteiger charge is 2.35. The zero-order valence-electron chi connectivity index (χ0n) is 15.6. The normalized spacial score (nSPS) is 15.7. The lowest BCUT2D eigenvalue weighted by atomic mass is 10.2. The first-order chi connectivity index (χ1) is 13.5. The van der Waals surface area contributed by atoms with Crippen LogP contribution in [0.4, 0.5) is 13.2 Å². The second-order valence-electron chi connectivity index (χ2n) is 6.13. The summed E-state index contributed by atoms with van der Waals surface area (Å²) < 4.78 is 74.9. The van der Waals surface area contributed by atoms with Gasteiger partial charge in [0.25, 0.3) is 5.91 Å². The predicted molar refractivity (Wildman–Crippen MR) is 94.6 cm³/mol. The minimum Gasteiger partial charge on any atom is -0.465 e. The molecule has 0 bridgehead atoms. The number of alkyl halides is 3. The highest BCUT2D eigenvalue weighted by molar-refractivity contribution is 7.89. The molecule has 0 N–H and O–H groups in total. The van der Waals surface area contributed by atoms with Crippen LogP contribution in [0.2, 0.25) is 0 Å². The number of hydrogen-bond donors (Lipinski definition) is 0. The Kier molecular flexibility index (Phi) is 7.60. The molecule has 0 aromatic heterocycles. The van der Waals surface area contributed by atoms with E-state index in [1.807, 2.05) is 0 Å². The Morgan fingerprint density at radius 1 is 1.24 bits per heavy atom. The lowest BCUT2D eigenvalue weighted by Crippen LogP contribution is -2.43. The Morgan fingerprint density at radius 3 is 2.48 bits per heavy atom. The number of benzene rings is 1. The van der Waals surface area contributed by atoms with Crippen molar-refractivity contribution in [2.24, 2.45) is 0 Å². The summed E-state index contributed by atoms with van der Waals surface area (Å²) >= 11 is 0. The van der Waals surface area contributed by atoms with E-state index >= 15 is 0 Å². The molecule has 162 valence electrons. The molecule has 2 rings (SSSR count). The van der Waals surface area contributed by atoms with Gasteiger partial charge in [0.2, 0.25) is 10.0 Å². The Bertz CT molecular complexity index is 838. The summed E-state index contributed by atoms with van der Waals surface area (Å²) in [5, 5.41) is 0. The summed E-state index contributed by atoms with van der Waals surface area (Å²) in [6, 6.07) is 4.70. The predicted octanol–water partition coefficient (Wildman–Crippen LogP) is 1.28. The monoisotopic (exact) mass is 438 g/mol. The minimum atomic E-state index is -4.75. The molecule has 29 heavy (non-hydrogen) atoms. The maximum absolute atomic E-state index is 12.9. The lowest BCUT2D eigenvalue weighted by Gasteiger charge is -2.26. The number of amides is 1. The number of halogens is 3. The quantitative estimate of drug-likeness (QED) is 0.596. The molecule has 0 saturated carbocycles. The average Bonchev–Trinajstić information content (AvgIpc) is 2.67. The molecule has 1 aromatic carbocycles. The fraction of sp³-hybridized carbons (Fsp3) is 0.529. The Hall–Kier alpha value is -2.18. The minimum absolute atomic E-state index is 0.0554. The van der Waals surface area contributed by atoms with Gasteiger partial charge in [-0.05, 0) is 25.1 Å². The fourth-order valence-corrected chi connectivity index (χ4v) is 4.14. The summed E-state index contributed by atoms with van der Waals surface area (Å²) in [5.74, 6) is -2.13. The molecule has 0 radical (unpaired) electrons. The van der Waals surface area contributed by atoms with Crippen LogP contribution in [-0.4, -0.2) is 81.7 Å². The number of rotatable bonds is 7. The van der Waals surface area contributed by atoms with E-state index in [0.717, 1.165) is 6.07 Å². The molecule has 1 aliphatic heterocycles. The first kappa shape index (κ1) is 23.1. The maximum atomic E-state index is 12.9. The fourth-order valence-electron chi connectivity index (χ4n) is 2.69. The van der Waals surface area contributed by atoms with Crippen LogP contribution in [0.3, 0.4) is 0 Å². The van der Waals surface area contributed by atoms with Crippen LogP contribution in [-0.2, 0) is 24.3 Å². The lowest BCUT2D eigenvalue weighted by molar-refractivity contribution is -0.153. The molecule has 8 nitrogen and oxygen atoms in total. The number of ether oxygens (including phenoxy) is 2. The maximum Gasteiger partial charge on any atom is 0.406 e. The molecule has 1 amide bonds. The summed E-state index contributed by atoms with van der Waals surface area (Å²) in [7, 11) is -3.94. The number of morpholine rings is 1. The van der Waals surface area contributed by atoms with E-state index in [0.29, 0.717) is 0 Å². The van der Waals surface area contributed by atoms with Crippen molar-refractivity contribution < 1.29 is 40.7 Å². The Labute approximate surface area is 166 Å². The van der Waals surface area contributed by atoms with Gasteiger partial charge >= 0.3 is 12.1 Å². The van der Waals surface area contributed by atoms with Crippen molar-refractivity contribution in [2.75, 3.05) is 46.0 Å². The number of carbonyl (C=O) groups excluding carboxylic acids is 2. The van der Waals surface area contributed by atoms with Crippen molar-refractivity contribution in [1.82, 2.24) is 9.21 Å². The molecule has 1 saturated heterocycles. The summed E-state index contributed by atoms with van der Waals surface area (Å²) in [4.78, 5) is 24.3. The highest BCUT2D eigenvalue weighted by Crippen LogP contribution is 2.21. The van der Waals surface area contributed by atoms with Crippen LogP contribution >= 0.6 is 0 Å². The molecular weight excluding hydrogens is 417 g/mol. The van der Waals surface area contributed by atoms with E-state index in [2.05, 4.69) is 4.74 Å². The third-order valence-electron chi connectivity index (χ3n) is 3.97. The third kappa shape index (κ3) is 6.41. The Morgan fingerprint density at radius 2 is 1.90 bits per heavy atom. The van der Waals surface area contributed by atoms with Crippen LogP contribution in [0.25, 0.3) is 0 Å². The van der Waals surface area contributed by atoms with Crippen LogP contribution in [0.1, 0.15) is 17.3 Å². The van der Waals surface area contributed by atoms with Gasteiger partial charge in [-0.2, -0.15) is 17.5 Å². The van der Waals surface area contributed by atoms with Gasteiger partial charge in [-0.25, -0.2) is 8.42 Å². The van der Waals surface area contributed by atoms with Gasteiger partial charge in [-0.1, -0.05) is 6.07 Å². The number of hydrogen-bond acceptors (Lipinski definition) is 6. The van der Waals surface area contributed by atoms with Crippen molar-refractivity contribution in [2.45, 2.75) is 18.0 Å². The van der Waals surface area contributed by atoms with Crippen LogP contribution in [0, 0.1) is 0 Å². The van der Waals surface area contributed by atoms with Gasteiger partial charge in [0, 0.05) is 18.7 Å². The molecule has 0 atom stereocenters. The van der Waals surface area contributed by atoms with Gasteiger partial charge in [0.1, 0.15) is 13.1 Å². The van der Waals surface area contributed by atoms with Gasteiger partial charge in [0.15, 0.2) is 0 Å². The molecule has 12 heteroatoms. The third-order valence-corrected chi connectivity index (χ3v) is 5.87. The number of sulfonamides is 1. The molecule has 1 aliphatic rings. The molecule has 1 heterocycles. The molecule has 0 spiro atoms. The molecule has 1 fully saturated rings. The van der Waals surface area contributed by atoms with Crippen LogP contribution in [0.5, 0.6) is 0 Å². The van der Waals surface area contributed by atoms with E-state index in [4.69, 9.17) is 4.74 Å². The van der Waals surface area contributed by atoms with Crippen molar-refractivity contribution in [1.29, 1.82) is 0 Å². The summed E-state index contributed by atoms with van der Waals surface area (Å²) in [6.45, 7) is -0.466. The van der Waals surface area contributed by atoms with Crippen molar-refractivity contribution >= 4 is 21.9 Å². The van der Waals surface area contributed by atoms with Crippen molar-refractivity contribution in [3.8, 4) is 0 Å². The average molecular weight is 438 g/mol. The first-order valence-corrected chi connectivity index (χ1v) is 10.2. The van der Waals surface area contributed by atoms with Crippen molar-refractivity contribution in [3.63, 3.8) is 0 Å². The highest BCUT2D eigenvalue weighted by atomic mass is 32.2. The summed E-state index contributed by atoms with van der Waals surface area (Å²) in [6.07, 6.45) is -4.75. The molecule has 1 aromatic rings. The van der Waals surface area contributed by atoms with E-state index < -0.39 is 41.2 Å². The van der Waals surface area contributed by atoms with Gasteiger partial charge in [-0.15, -0.1) is 0 Å². The zero-order valence-corrected chi connectivity index (χ0v) is 16.5. The standard InChI is InChI=1S/C17H21F3N2O6S/c1-2-28-15(23)11-21(12-17(18,19)20)16(24)13-4-3-5-14(10-13)29(25,26)22-6-8-27-9-7-22/h3-5,10H,2,6-9,11-12H2,1H3. The summed E-state index contributed by atoms with van der Waals surface area (Å²) in [5.41, 5.74) is -0.284. The smallest absolute Gasteiger partial charge is 0.406 e. The van der Waals surface area contributed by atoms with Crippen molar-refractivity contribution in [3.05, 3.63) is 29.8 Å². The van der Waals surface area contributed by atoms with E-state index in [9.17, 15) is 31.2 Å². The van der Waals surface area contributed by atoms with Gasteiger partial charge < -0.3 is 14.4 Å². The molecular formula is C17H21F3N2O6S. The van der Waals surface area contributed by atoms with Gasteiger partial charge in [0.05, 0.1) is 24.7 Å². The van der Waals surface area contributed by atoms with Crippen LogP contribution < -0.4 is 0 Å². The second kappa shape index (κ2) is 9.55. The first-order valence-electron chi connectivity index (χ1n) is 8.74. The van der Waals surface area contributed by atoms with E-state index in [-0.39, 0.29) is 48.3 Å². The topological polar surface area (TPSA) is 93.2 Å². The second-order valence-corrected chi connectivity index (χ2v) is 8.06. The zero-order chi connectivity index (χ0) is 21.7. The number of carbonyl (C=O) groups is 2. The molecule has 0 aliphatic carbocycles. The Balaban J connectivity index is 2.29. The number of nitrogens with zero attached hydrogens (tertiary/aromatic N) is 2. The van der Waals surface area contributed by atoms with Crippen LogP contribution in [0.15, 0.2) is 29.2 Å². The van der Waals surface area contributed by atoms with Gasteiger partial charge in [-0.3, -0.25) is 9.59 Å². The SMILES string of the molecule is CCOC(=O)CN(CC(F)(F)F)C(=O)c1cccc(S(=O)(=O)N2CCOCC2)c1. The molecule has 0 unspecified atom stereocenters.